The van der Waals surface area contributed by atoms with Gasteiger partial charge in [0, 0.05) is 18.5 Å². The molecule has 1 aliphatic heterocycles. The molecule has 0 radical (unpaired) electrons. The topological polar surface area (TPSA) is 75.4 Å². The molecule has 0 bridgehead atoms. The minimum absolute atomic E-state index is 0.118. The fraction of sp³-hybridized carbons (Fsp3) is 0.600. The molecular weight excluding hydrogens is 314 g/mol. The largest absolute Gasteiger partial charge is 0.341 e. The van der Waals surface area contributed by atoms with E-state index in [9.17, 15) is 9.59 Å². The summed E-state index contributed by atoms with van der Waals surface area (Å²) in [6, 6.07) is 7.92. The highest BCUT2D eigenvalue weighted by Gasteiger charge is 2.42. The summed E-state index contributed by atoms with van der Waals surface area (Å²) >= 11 is 0. The lowest BCUT2D eigenvalue weighted by Gasteiger charge is -2.26. The second kappa shape index (κ2) is 7.56. The predicted molar refractivity (Wildman–Crippen MR) is 100.0 cm³/mol. The van der Waals surface area contributed by atoms with Gasteiger partial charge < -0.3 is 16.0 Å². The lowest BCUT2D eigenvalue weighted by Crippen LogP contribution is -2.44. The van der Waals surface area contributed by atoms with E-state index in [1.807, 2.05) is 19.1 Å². The number of carbonyl (C=O) groups is 2. The molecule has 0 aromatic heterocycles. The van der Waals surface area contributed by atoms with Crippen molar-refractivity contribution in [1.82, 2.24) is 10.2 Å². The molecule has 0 saturated carbocycles. The highest BCUT2D eigenvalue weighted by molar-refractivity contribution is 6.35. The molecule has 1 unspecified atom stereocenters. The molecule has 5 heteroatoms. The number of nitrogens with zero attached hydrogens (tertiary/aromatic N) is 1. The zero-order valence-corrected chi connectivity index (χ0v) is 16.0. The Morgan fingerprint density at radius 1 is 1.32 bits per heavy atom. The van der Waals surface area contributed by atoms with Crippen LogP contribution in [0.2, 0.25) is 0 Å². The maximum Gasteiger partial charge on any atom is 0.311 e. The van der Waals surface area contributed by atoms with Gasteiger partial charge in [0.15, 0.2) is 0 Å². The number of benzene rings is 1. The third kappa shape index (κ3) is 4.21. The first-order valence-corrected chi connectivity index (χ1v) is 9.07. The fourth-order valence-electron chi connectivity index (χ4n) is 3.30. The van der Waals surface area contributed by atoms with E-state index in [1.54, 1.807) is 4.90 Å². The maximum absolute atomic E-state index is 12.5. The molecule has 1 fully saturated rings. The molecule has 1 aromatic carbocycles. The zero-order chi connectivity index (χ0) is 18.8. The summed E-state index contributed by atoms with van der Waals surface area (Å²) in [4.78, 5) is 26.5. The van der Waals surface area contributed by atoms with Crippen molar-refractivity contribution in [2.75, 3.05) is 19.6 Å². The molecule has 1 aromatic rings. The van der Waals surface area contributed by atoms with Gasteiger partial charge in [-0.25, -0.2) is 0 Å². The first-order chi connectivity index (χ1) is 11.7. The van der Waals surface area contributed by atoms with Crippen molar-refractivity contribution in [3.05, 3.63) is 35.4 Å². The highest BCUT2D eigenvalue weighted by Crippen LogP contribution is 2.34. The van der Waals surface area contributed by atoms with Crippen LogP contribution in [0.3, 0.4) is 0 Å². The van der Waals surface area contributed by atoms with Gasteiger partial charge in [0.2, 0.25) is 0 Å². The van der Waals surface area contributed by atoms with Crippen molar-refractivity contribution in [1.29, 1.82) is 0 Å². The summed E-state index contributed by atoms with van der Waals surface area (Å²) < 4.78 is 0. The molecule has 3 N–H and O–H groups in total. The normalized spacial score (nSPS) is 24.4. The first-order valence-electron chi connectivity index (χ1n) is 9.07. The number of nitrogens with two attached hydrogens (primary N) is 1. The summed E-state index contributed by atoms with van der Waals surface area (Å²) in [7, 11) is 0. The third-order valence-corrected chi connectivity index (χ3v) is 5.61. The molecule has 0 spiro atoms. The minimum atomic E-state index is -0.545. The van der Waals surface area contributed by atoms with Gasteiger partial charge in [-0.1, -0.05) is 52.0 Å². The van der Waals surface area contributed by atoms with Crippen LogP contribution in [0.5, 0.6) is 0 Å². The smallest absolute Gasteiger partial charge is 0.311 e. The number of hydrogen-bond acceptors (Lipinski definition) is 3. The Kier molecular flexibility index (Phi) is 5.88. The number of rotatable bonds is 4. The van der Waals surface area contributed by atoms with Crippen LogP contribution >= 0.6 is 0 Å². The number of carbonyl (C=O) groups excluding carboxylic acids is 2. The number of nitrogens with one attached hydrogen (secondary N) is 1. The molecule has 1 saturated heterocycles. The van der Waals surface area contributed by atoms with Crippen molar-refractivity contribution < 1.29 is 9.59 Å². The van der Waals surface area contributed by atoms with Gasteiger partial charge in [-0.2, -0.15) is 0 Å². The van der Waals surface area contributed by atoms with E-state index in [4.69, 9.17) is 5.73 Å². The quantitative estimate of drug-likeness (QED) is 0.823. The molecule has 3 atom stereocenters. The van der Waals surface area contributed by atoms with Crippen LogP contribution in [-0.4, -0.2) is 36.3 Å². The minimum Gasteiger partial charge on any atom is -0.341 e. The van der Waals surface area contributed by atoms with E-state index in [-0.39, 0.29) is 17.4 Å². The SMILES string of the molecule is CC(C)c1cccc(C(C)NC(=O)C(=O)N2C[C@@H](C)[C@](C)(CN)C2)c1. The summed E-state index contributed by atoms with van der Waals surface area (Å²) in [6.07, 6.45) is 0. The Morgan fingerprint density at radius 2 is 1.96 bits per heavy atom. The summed E-state index contributed by atoms with van der Waals surface area (Å²) in [5, 5.41) is 2.84. The average Bonchev–Trinajstić information content (AvgIpc) is 2.89. The summed E-state index contributed by atoms with van der Waals surface area (Å²) in [6.45, 7) is 12.0. The Morgan fingerprint density at radius 3 is 2.52 bits per heavy atom. The maximum atomic E-state index is 12.5. The van der Waals surface area contributed by atoms with E-state index in [2.05, 4.69) is 45.1 Å². The first kappa shape index (κ1) is 19.4. The van der Waals surface area contributed by atoms with Gasteiger partial charge >= 0.3 is 11.8 Å². The predicted octanol–water partition coefficient (Wildman–Crippen LogP) is 2.43. The lowest BCUT2D eigenvalue weighted by atomic mass is 9.81. The zero-order valence-electron chi connectivity index (χ0n) is 16.0. The molecular formula is C20H31N3O2. The molecule has 138 valence electrons. The monoisotopic (exact) mass is 345 g/mol. The average molecular weight is 345 g/mol. The van der Waals surface area contributed by atoms with Crippen molar-refractivity contribution in [3.63, 3.8) is 0 Å². The molecule has 25 heavy (non-hydrogen) atoms. The Labute approximate surface area is 151 Å². The highest BCUT2D eigenvalue weighted by atomic mass is 16.2. The number of amides is 2. The second-order valence-electron chi connectivity index (χ2n) is 7.96. The van der Waals surface area contributed by atoms with Crippen LogP contribution in [0.25, 0.3) is 0 Å². The molecule has 1 heterocycles. The van der Waals surface area contributed by atoms with Crippen molar-refractivity contribution in [2.24, 2.45) is 17.1 Å². The van der Waals surface area contributed by atoms with Gasteiger partial charge in [0.25, 0.3) is 0 Å². The van der Waals surface area contributed by atoms with Gasteiger partial charge in [-0.15, -0.1) is 0 Å². The lowest BCUT2D eigenvalue weighted by molar-refractivity contribution is -0.145. The molecule has 2 rings (SSSR count). The van der Waals surface area contributed by atoms with Crippen LogP contribution in [0.15, 0.2) is 24.3 Å². The van der Waals surface area contributed by atoms with Crippen molar-refractivity contribution >= 4 is 11.8 Å². The van der Waals surface area contributed by atoms with E-state index < -0.39 is 11.8 Å². The van der Waals surface area contributed by atoms with Crippen molar-refractivity contribution in [2.45, 2.75) is 46.6 Å². The Balaban J connectivity index is 2.02. The van der Waals surface area contributed by atoms with Crippen molar-refractivity contribution in [3.8, 4) is 0 Å². The molecule has 1 aliphatic rings. The van der Waals surface area contributed by atoms with E-state index in [1.165, 1.54) is 5.56 Å². The molecule has 0 aliphatic carbocycles. The Hall–Kier alpha value is -1.88. The number of hydrogen-bond donors (Lipinski definition) is 2. The summed E-state index contributed by atoms with van der Waals surface area (Å²) in [5.74, 6) is -0.300. The van der Waals surface area contributed by atoms with E-state index in [0.717, 1.165) is 5.56 Å². The third-order valence-electron chi connectivity index (χ3n) is 5.61. The molecule has 5 nitrogen and oxygen atoms in total. The van der Waals surface area contributed by atoms with Gasteiger partial charge in [0.1, 0.15) is 0 Å². The van der Waals surface area contributed by atoms with Crippen LogP contribution in [0.1, 0.15) is 57.7 Å². The van der Waals surface area contributed by atoms with Crippen LogP contribution < -0.4 is 11.1 Å². The fourth-order valence-corrected chi connectivity index (χ4v) is 3.30. The molecule has 2 amide bonds. The standard InChI is InChI=1S/C20H31N3O2/c1-13(2)16-7-6-8-17(9-16)15(4)22-18(24)19(25)23-10-14(3)20(5,11-21)12-23/h6-9,13-15H,10-12,21H2,1-5H3,(H,22,24)/t14-,15?,20-/m1/s1. The summed E-state index contributed by atoms with van der Waals surface area (Å²) in [5.41, 5.74) is 7.96. The Bertz CT molecular complexity index is 644. The van der Waals surface area contributed by atoms with Gasteiger partial charge in [0.05, 0.1) is 6.04 Å². The van der Waals surface area contributed by atoms with Crippen LogP contribution in [0, 0.1) is 11.3 Å². The van der Waals surface area contributed by atoms with Gasteiger partial charge in [-0.3, -0.25) is 9.59 Å². The van der Waals surface area contributed by atoms with Crippen LogP contribution in [-0.2, 0) is 9.59 Å². The van der Waals surface area contributed by atoms with Gasteiger partial charge in [-0.05, 0) is 36.4 Å². The van der Waals surface area contributed by atoms with E-state index in [0.29, 0.717) is 25.6 Å². The van der Waals surface area contributed by atoms with E-state index >= 15 is 0 Å². The number of likely N-dealkylation sites (tertiary alicyclic amines) is 1. The van der Waals surface area contributed by atoms with Crippen LogP contribution in [0.4, 0.5) is 0 Å². The second-order valence-corrected chi connectivity index (χ2v) is 7.96.